The number of aryl methyl sites for hydroxylation is 3. The van der Waals surface area contributed by atoms with Gasteiger partial charge >= 0.3 is 0 Å². The first kappa shape index (κ1) is 21.1. The number of ether oxygens (including phenoxy) is 2. The number of halogens is 1. The molecule has 0 fully saturated rings. The Morgan fingerprint density at radius 3 is 2.28 bits per heavy atom. The second kappa shape index (κ2) is 9.71. The fourth-order valence-electron chi connectivity index (χ4n) is 3.02. The minimum absolute atomic E-state index is 0.445. The van der Waals surface area contributed by atoms with Crippen molar-refractivity contribution in [1.82, 2.24) is 0 Å². The van der Waals surface area contributed by atoms with Crippen LogP contribution in [0.1, 0.15) is 34.7 Å². The molecule has 0 heterocycles. The zero-order valence-corrected chi connectivity index (χ0v) is 18.3. The van der Waals surface area contributed by atoms with E-state index in [0.29, 0.717) is 36.3 Å². The smallest absolute Gasteiger partial charge is 0.180 e. The van der Waals surface area contributed by atoms with Crippen molar-refractivity contribution < 1.29 is 9.47 Å². The molecule has 4 heteroatoms. The van der Waals surface area contributed by atoms with Crippen molar-refractivity contribution in [2.75, 3.05) is 11.9 Å². The molecule has 0 radical (unpaired) electrons. The van der Waals surface area contributed by atoms with Crippen molar-refractivity contribution in [3.63, 3.8) is 0 Å². The van der Waals surface area contributed by atoms with Crippen LogP contribution in [0.15, 0.2) is 54.6 Å². The summed E-state index contributed by atoms with van der Waals surface area (Å²) in [6, 6.07) is 18.6. The van der Waals surface area contributed by atoms with E-state index in [-0.39, 0.29) is 0 Å². The summed E-state index contributed by atoms with van der Waals surface area (Å²) >= 11 is 6.56. The highest BCUT2D eigenvalue weighted by Gasteiger charge is 2.13. The molecule has 0 saturated heterocycles. The summed E-state index contributed by atoms with van der Waals surface area (Å²) in [6.07, 6.45) is 0. The Balaban J connectivity index is 1.74. The summed E-state index contributed by atoms with van der Waals surface area (Å²) in [5.74, 6) is 1.26. The van der Waals surface area contributed by atoms with Crippen molar-refractivity contribution in [3.05, 3.63) is 87.4 Å². The third-order valence-corrected chi connectivity index (χ3v) is 5.16. The van der Waals surface area contributed by atoms with E-state index in [1.807, 2.05) is 19.1 Å². The van der Waals surface area contributed by atoms with E-state index in [1.54, 1.807) is 0 Å². The van der Waals surface area contributed by atoms with Crippen LogP contribution in [0.2, 0.25) is 5.02 Å². The van der Waals surface area contributed by atoms with Gasteiger partial charge in [0.05, 0.1) is 11.6 Å². The van der Waals surface area contributed by atoms with Crippen LogP contribution in [0.3, 0.4) is 0 Å². The predicted octanol–water partition coefficient (Wildman–Crippen LogP) is 6.86. The number of benzene rings is 3. The van der Waals surface area contributed by atoms with Crippen molar-refractivity contribution in [3.8, 4) is 11.5 Å². The molecular formula is C25H28ClNO2. The lowest BCUT2D eigenvalue weighted by Gasteiger charge is -2.16. The van der Waals surface area contributed by atoms with Crippen molar-refractivity contribution in [2.24, 2.45) is 0 Å². The highest BCUT2D eigenvalue weighted by Crippen LogP contribution is 2.37. The van der Waals surface area contributed by atoms with Gasteiger partial charge in [-0.1, -0.05) is 47.5 Å². The molecular weight excluding hydrogens is 382 g/mol. The van der Waals surface area contributed by atoms with Crippen LogP contribution in [0, 0.1) is 20.8 Å². The van der Waals surface area contributed by atoms with Crippen LogP contribution in [-0.4, -0.2) is 6.61 Å². The summed E-state index contributed by atoms with van der Waals surface area (Å²) in [4.78, 5) is 0. The van der Waals surface area contributed by atoms with Crippen LogP contribution >= 0.6 is 11.6 Å². The molecule has 0 aliphatic heterocycles. The molecule has 0 saturated carbocycles. The first-order chi connectivity index (χ1) is 14.0. The summed E-state index contributed by atoms with van der Waals surface area (Å²) in [7, 11) is 0. The Kier molecular flexibility index (Phi) is 7.05. The van der Waals surface area contributed by atoms with Gasteiger partial charge in [-0.15, -0.1) is 0 Å². The minimum atomic E-state index is 0.445. The van der Waals surface area contributed by atoms with Crippen molar-refractivity contribution in [2.45, 2.75) is 40.8 Å². The van der Waals surface area contributed by atoms with E-state index in [2.05, 4.69) is 68.6 Å². The van der Waals surface area contributed by atoms with Crippen LogP contribution in [-0.2, 0) is 13.2 Å². The quantitative estimate of drug-likeness (QED) is 0.441. The van der Waals surface area contributed by atoms with Crippen molar-refractivity contribution >= 4 is 17.3 Å². The van der Waals surface area contributed by atoms with Gasteiger partial charge in [-0.2, -0.15) is 0 Å². The van der Waals surface area contributed by atoms with Gasteiger partial charge < -0.3 is 14.8 Å². The van der Waals surface area contributed by atoms with E-state index in [0.717, 1.165) is 16.8 Å². The van der Waals surface area contributed by atoms with Gasteiger partial charge in [0.2, 0.25) is 0 Å². The number of hydrogen-bond acceptors (Lipinski definition) is 3. The SMILES string of the molecule is CCOc1cc(CNc2ccc(C)c(C)c2)cc(Cl)c1OCc1ccc(C)cc1. The maximum Gasteiger partial charge on any atom is 0.180 e. The van der Waals surface area contributed by atoms with Gasteiger partial charge in [-0.25, -0.2) is 0 Å². The van der Waals surface area contributed by atoms with E-state index < -0.39 is 0 Å². The maximum atomic E-state index is 6.56. The van der Waals surface area contributed by atoms with Crippen LogP contribution in [0.5, 0.6) is 11.5 Å². The van der Waals surface area contributed by atoms with Crippen LogP contribution in [0.4, 0.5) is 5.69 Å². The summed E-state index contributed by atoms with van der Waals surface area (Å²) < 4.78 is 11.8. The third kappa shape index (κ3) is 5.68. The molecule has 3 aromatic rings. The van der Waals surface area contributed by atoms with Gasteiger partial charge in [-0.3, -0.25) is 0 Å². The van der Waals surface area contributed by atoms with Gasteiger partial charge in [-0.05, 0) is 74.2 Å². The molecule has 29 heavy (non-hydrogen) atoms. The molecule has 3 aromatic carbocycles. The van der Waals surface area contributed by atoms with Gasteiger partial charge in [0.15, 0.2) is 11.5 Å². The number of anilines is 1. The summed E-state index contributed by atoms with van der Waals surface area (Å²) in [5.41, 5.74) is 6.99. The topological polar surface area (TPSA) is 30.5 Å². The Morgan fingerprint density at radius 1 is 0.828 bits per heavy atom. The largest absolute Gasteiger partial charge is 0.490 e. The molecule has 0 amide bonds. The lowest BCUT2D eigenvalue weighted by Crippen LogP contribution is -2.04. The summed E-state index contributed by atoms with van der Waals surface area (Å²) in [6.45, 7) is 9.90. The lowest BCUT2D eigenvalue weighted by atomic mass is 10.1. The molecule has 0 bridgehead atoms. The van der Waals surface area contributed by atoms with Gasteiger partial charge in [0, 0.05) is 12.2 Å². The minimum Gasteiger partial charge on any atom is -0.490 e. The number of rotatable bonds is 8. The number of hydrogen-bond donors (Lipinski definition) is 1. The average molecular weight is 410 g/mol. The van der Waals surface area contributed by atoms with E-state index in [1.165, 1.54) is 16.7 Å². The molecule has 152 valence electrons. The lowest BCUT2D eigenvalue weighted by molar-refractivity contribution is 0.269. The van der Waals surface area contributed by atoms with Gasteiger partial charge in [0.25, 0.3) is 0 Å². The highest BCUT2D eigenvalue weighted by molar-refractivity contribution is 6.32. The molecule has 3 rings (SSSR count). The standard InChI is InChI=1S/C25H28ClNO2/c1-5-28-24-14-21(15-27-22-11-8-18(3)19(4)12-22)13-23(26)25(24)29-16-20-9-6-17(2)7-10-20/h6-14,27H,5,15-16H2,1-4H3. The molecule has 1 N–H and O–H groups in total. The average Bonchev–Trinajstić information content (AvgIpc) is 2.70. The van der Waals surface area contributed by atoms with E-state index in [4.69, 9.17) is 21.1 Å². The maximum absolute atomic E-state index is 6.56. The fraction of sp³-hybridized carbons (Fsp3) is 0.280. The molecule has 0 aliphatic rings. The zero-order valence-electron chi connectivity index (χ0n) is 17.5. The van der Waals surface area contributed by atoms with Crippen LogP contribution in [0.25, 0.3) is 0 Å². The third-order valence-electron chi connectivity index (χ3n) is 4.88. The normalized spacial score (nSPS) is 10.7. The molecule has 0 unspecified atom stereocenters. The predicted molar refractivity (Wildman–Crippen MR) is 121 cm³/mol. The number of nitrogens with one attached hydrogen (secondary N) is 1. The molecule has 0 spiro atoms. The molecule has 0 aromatic heterocycles. The Hall–Kier alpha value is -2.65. The molecule has 0 aliphatic carbocycles. The summed E-state index contributed by atoms with van der Waals surface area (Å²) in [5, 5.41) is 4.01. The second-order valence-corrected chi connectivity index (χ2v) is 7.67. The second-order valence-electron chi connectivity index (χ2n) is 7.26. The van der Waals surface area contributed by atoms with E-state index in [9.17, 15) is 0 Å². The first-order valence-corrected chi connectivity index (χ1v) is 10.3. The molecule has 3 nitrogen and oxygen atoms in total. The van der Waals surface area contributed by atoms with E-state index >= 15 is 0 Å². The highest BCUT2D eigenvalue weighted by atomic mass is 35.5. The Morgan fingerprint density at radius 2 is 1.59 bits per heavy atom. The zero-order chi connectivity index (χ0) is 20.8. The Bertz CT molecular complexity index is 967. The molecule has 0 atom stereocenters. The fourth-order valence-corrected chi connectivity index (χ4v) is 3.31. The van der Waals surface area contributed by atoms with Crippen molar-refractivity contribution in [1.29, 1.82) is 0 Å². The monoisotopic (exact) mass is 409 g/mol. The Labute approximate surface area is 178 Å². The first-order valence-electron chi connectivity index (χ1n) is 9.91. The van der Waals surface area contributed by atoms with Crippen LogP contribution < -0.4 is 14.8 Å². The van der Waals surface area contributed by atoms with Gasteiger partial charge in [0.1, 0.15) is 6.61 Å².